The fraction of sp³-hybridized carbons (Fsp3) is 0.333. The lowest BCUT2D eigenvalue weighted by Crippen LogP contribution is -2.36. The van der Waals surface area contributed by atoms with Crippen LogP contribution in [0, 0.1) is 5.92 Å². The topological polar surface area (TPSA) is 93.3 Å². The molecule has 164 valence electrons. The van der Waals surface area contributed by atoms with Crippen LogP contribution in [0.3, 0.4) is 0 Å². The Morgan fingerprint density at radius 1 is 1.23 bits per heavy atom. The molecule has 0 saturated carbocycles. The Balaban J connectivity index is 1.59. The summed E-state index contributed by atoms with van der Waals surface area (Å²) in [5, 5.41) is 12.2. The second-order valence-electron chi connectivity index (χ2n) is 7.35. The van der Waals surface area contributed by atoms with E-state index in [-0.39, 0.29) is 24.1 Å². The van der Waals surface area contributed by atoms with Gasteiger partial charge in [-0.1, -0.05) is 49.3 Å². The highest BCUT2D eigenvalue weighted by molar-refractivity contribution is 7.99. The van der Waals surface area contributed by atoms with Crippen molar-refractivity contribution < 1.29 is 14.0 Å². The van der Waals surface area contributed by atoms with Crippen molar-refractivity contribution in [1.82, 2.24) is 19.7 Å². The summed E-state index contributed by atoms with van der Waals surface area (Å²) in [5.74, 6) is 1.22. The summed E-state index contributed by atoms with van der Waals surface area (Å²) in [6.07, 6.45) is 1.59. The van der Waals surface area contributed by atoms with Crippen molar-refractivity contribution in [2.45, 2.75) is 25.5 Å². The summed E-state index contributed by atoms with van der Waals surface area (Å²) in [7, 11) is 1.59. The second-order valence-corrected chi connectivity index (χ2v) is 8.70. The molecule has 3 aromatic rings. The first-order valence-corrected chi connectivity index (χ1v) is 11.1. The molecule has 0 bridgehead atoms. The Bertz CT molecular complexity index is 1040. The maximum Gasteiger partial charge on any atom is 0.244 e. The highest BCUT2D eigenvalue weighted by Gasteiger charge is 2.20. The fourth-order valence-electron chi connectivity index (χ4n) is 2.81. The number of anilines is 1. The van der Waals surface area contributed by atoms with E-state index in [2.05, 4.69) is 29.4 Å². The SMILES string of the molecule is CC(C)Cn1c(SCC(=O)N(C)CC(=O)Nc2ccccc2Cl)nnc1-c1ccco1. The predicted octanol–water partition coefficient (Wildman–Crippen LogP) is 4.04. The highest BCUT2D eigenvalue weighted by atomic mass is 35.5. The summed E-state index contributed by atoms with van der Waals surface area (Å²) < 4.78 is 7.41. The minimum atomic E-state index is -0.322. The number of nitrogens with one attached hydrogen (secondary N) is 1. The molecule has 0 saturated heterocycles. The molecular formula is C21H24ClN5O3S. The first-order valence-electron chi connectivity index (χ1n) is 9.73. The molecule has 0 unspecified atom stereocenters. The number of nitrogens with zero attached hydrogens (tertiary/aromatic N) is 4. The number of halogens is 1. The predicted molar refractivity (Wildman–Crippen MR) is 121 cm³/mol. The quantitative estimate of drug-likeness (QED) is 0.483. The monoisotopic (exact) mass is 461 g/mol. The second kappa shape index (κ2) is 10.5. The van der Waals surface area contributed by atoms with Crippen LogP contribution in [0.25, 0.3) is 11.6 Å². The Labute approximate surface area is 190 Å². The van der Waals surface area contributed by atoms with Gasteiger partial charge in [0.15, 0.2) is 16.7 Å². The first-order chi connectivity index (χ1) is 14.8. The van der Waals surface area contributed by atoms with Gasteiger partial charge in [-0.05, 0) is 30.2 Å². The lowest BCUT2D eigenvalue weighted by molar-refractivity contribution is -0.131. The van der Waals surface area contributed by atoms with Crippen molar-refractivity contribution in [3.05, 3.63) is 47.7 Å². The van der Waals surface area contributed by atoms with Crippen LogP contribution in [0.15, 0.2) is 52.2 Å². The van der Waals surface area contributed by atoms with E-state index in [1.54, 1.807) is 43.6 Å². The minimum Gasteiger partial charge on any atom is -0.461 e. The molecule has 0 aliphatic carbocycles. The van der Waals surface area contributed by atoms with E-state index in [4.69, 9.17) is 16.0 Å². The number of furan rings is 1. The smallest absolute Gasteiger partial charge is 0.244 e. The summed E-state index contributed by atoms with van der Waals surface area (Å²) in [6, 6.07) is 10.6. The van der Waals surface area contributed by atoms with Crippen LogP contribution in [-0.2, 0) is 16.1 Å². The maximum absolute atomic E-state index is 12.6. The number of benzene rings is 1. The Hall–Kier alpha value is -2.78. The van der Waals surface area contributed by atoms with Crippen molar-refractivity contribution in [2.75, 3.05) is 24.7 Å². The molecule has 2 aromatic heterocycles. The Morgan fingerprint density at radius 2 is 2.00 bits per heavy atom. The molecule has 8 nitrogen and oxygen atoms in total. The molecule has 1 aromatic carbocycles. The van der Waals surface area contributed by atoms with Gasteiger partial charge in [0, 0.05) is 13.6 Å². The van der Waals surface area contributed by atoms with E-state index < -0.39 is 0 Å². The molecule has 3 rings (SSSR count). The molecule has 0 spiro atoms. The highest BCUT2D eigenvalue weighted by Crippen LogP contribution is 2.25. The number of carbonyl (C=O) groups is 2. The number of carbonyl (C=O) groups excluding carboxylic acids is 2. The van der Waals surface area contributed by atoms with Crippen LogP contribution < -0.4 is 5.32 Å². The third-order valence-electron chi connectivity index (χ3n) is 4.29. The van der Waals surface area contributed by atoms with Gasteiger partial charge < -0.3 is 14.6 Å². The van der Waals surface area contributed by atoms with Gasteiger partial charge in [0.25, 0.3) is 0 Å². The molecule has 0 atom stereocenters. The lowest BCUT2D eigenvalue weighted by atomic mass is 10.2. The summed E-state index contributed by atoms with van der Waals surface area (Å²) in [5.41, 5.74) is 0.511. The summed E-state index contributed by atoms with van der Waals surface area (Å²) in [4.78, 5) is 26.2. The maximum atomic E-state index is 12.6. The van der Waals surface area contributed by atoms with Crippen LogP contribution in [0.1, 0.15) is 13.8 Å². The van der Waals surface area contributed by atoms with Crippen molar-refractivity contribution in [3.8, 4) is 11.6 Å². The molecule has 0 aliphatic rings. The van der Waals surface area contributed by atoms with Gasteiger partial charge in [-0.15, -0.1) is 10.2 Å². The number of thioether (sulfide) groups is 1. The number of likely N-dealkylation sites (N-methyl/N-ethyl adjacent to an activating group) is 1. The lowest BCUT2D eigenvalue weighted by Gasteiger charge is -2.17. The van der Waals surface area contributed by atoms with Crippen LogP contribution >= 0.6 is 23.4 Å². The summed E-state index contributed by atoms with van der Waals surface area (Å²) >= 11 is 7.33. The normalized spacial score (nSPS) is 11.0. The number of para-hydroxylation sites is 1. The first kappa shape index (κ1) is 22.9. The van der Waals surface area contributed by atoms with E-state index in [1.165, 1.54) is 16.7 Å². The van der Waals surface area contributed by atoms with E-state index in [0.29, 0.717) is 39.9 Å². The van der Waals surface area contributed by atoms with E-state index >= 15 is 0 Å². The van der Waals surface area contributed by atoms with Gasteiger partial charge in [-0.2, -0.15) is 0 Å². The van der Waals surface area contributed by atoms with Crippen LogP contribution in [0.5, 0.6) is 0 Å². The Morgan fingerprint density at radius 3 is 2.68 bits per heavy atom. The number of rotatable bonds is 9. The zero-order chi connectivity index (χ0) is 22.4. The molecule has 0 fully saturated rings. The summed E-state index contributed by atoms with van der Waals surface area (Å²) in [6.45, 7) is 4.80. The van der Waals surface area contributed by atoms with Gasteiger partial charge in [0.1, 0.15) is 0 Å². The number of amides is 2. The zero-order valence-corrected chi connectivity index (χ0v) is 19.1. The van der Waals surface area contributed by atoms with Gasteiger partial charge >= 0.3 is 0 Å². The molecule has 10 heteroatoms. The number of hydrogen-bond acceptors (Lipinski definition) is 6. The molecular weight excluding hydrogens is 438 g/mol. The van der Waals surface area contributed by atoms with Crippen LogP contribution in [0.4, 0.5) is 5.69 Å². The third-order valence-corrected chi connectivity index (χ3v) is 5.57. The van der Waals surface area contributed by atoms with Crippen LogP contribution in [-0.4, -0.2) is 50.8 Å². The largest absolute Gasteiger partial charge is 0.461 e. The van der Waals surface area contributed by atoms with Gasteiger partial charge in [0.05, 0.1) is 29.3 Å². The van der Waals surface area contributed by atoms with E-state index in [0.717, 1.165) is 0 Å². The molecule has 2 amide bonds. The standard InChI is InChI=1S/C21H24ClN5O3S/c1-14(2)11-27-20(17-9-6-10-30-17)24-25-21(27)31-13-19(29)26(3)12-18(28)23-16-8-5-4-7-15(16)22/h4-10,14H,11-13H2,1-3H3,(H,23,28). The van der Waals surface area contributed by atoms with E-state index in [1.807, 2.05) is 10.6 Å². The molecule has 0 aliphatic heterocycles. The molecule has 31 heavy (non-hydrogen) atoms. The fourth-order valence-corrected chi connectivity index (χ4v) is 3.88. The molecule has 0 radical (unpaired) electrons. The zero-order valence-electron chi connectivity index (χ0n) is 17.5. The number of aromatic nitrogens is 3. The van der Waals surface area contributed by atoms with Crippen molar-refractivity contribution in [3.63, 3.8) is 0 Å². The van der Waals surface area contributed by atoms with Crippen LogP contribution in [0.2, 0.25) is 5.02 Å². The van der Waals surface area contributed by atoms with Crippen molar-refractivity contribution in [2.24, 2.45) is 5.92 Å². The van der Waals surface area contributed by atoms with Crippen molar-refractivity contribution in [1.29, 1.82) is 0 Å². The average Bonchev–Trinajstić information content (AvgIpc) is 3.37. The van der Waals surface area contributed by atoms with E-state index in [9.17, 15) is 9.59 Å². The molecule has 2 heterocycles. The third kappa shape index (κ3) is 6.11. The minimum absolute atomic E-state index is 0.0824. The van der Waals surface area contributed by atoms with Gasteiger partial charge in [-0.3, -0.25) is 14.2 Å². The number of hydrogen-bond donors (Lipinski definition) is 1. The van der Waals surface area contributed by atoms with Gasteiger partial charge in [0.2, 0.25) is 11.8 Å². The van der Waals surface area contributed by atoms with Crippen molar-refractivity contribution >= 4 is 40.9 Å². The molecule has 1 N–H and O–H groups in total. The van der Waals surface area contributed by atoms with Gasteiger partial charge in [-0.25, -0.2) is 0 Å². The Kier molecular flexibility index (Phi) is 7.75. The average molecular weight is 462 g/mol.